The number of fused-ring (bicyclic) bond motifs is 1. The molecule has 1 atom stereocenters. The van der Waals surface area contributed by atoms with E-state index in [-0.39, 0.29) is 30.4 Å². The van der Waals surface area contributed by atoms with Crippen LogP contribution in [0, 0.1) is 0 Å². The SMILES string of the molecule is CCc1cccc(OCC(O)Cn2c(NCCCOC(C)C)nc3c2c(=O)n(C)c(=O)n3C)c1. The van der Waals surface area contributed by atoms with Gasteiger partial charge in [0.05, 0.1) is 12.6 Å². The molecule has 1 unspecified atom stereocenters. The van der Waals surface area contributed by atoms with Crippen molar-refractivity contribution in [2.24, 2.45) is 14.1 Å². The van der Waals surface area contributed by atoms with Crippen molar-refractivity contribution in [3.63, 3.8) is 0 Å². The summed E-state index contributed by atoms with van der Waals surface area (Å²) in [5.41, 5.74) is 0.726. The molecule has 0 aliphatic rings. The molecule has 0 spiro atoms. The number of nitrogens with zero attached hydrogens (tertiary/aromatic N) is 4. The van der Waals surface area contributed by atoms with Crippen LogP contribution in [0.5, 0.6) is 5.75 Å². The average Bonchev–Trinajstić information content (AvgIpc) is 3.17. The second kappa shape index (κ2) is 11.3. The van der Waals surface area contributed by atoms with Crippen LogP contribution < -0.4 is 21.3 Å². The Morgan fingerprint density at radius 1 is 1.18 bits per heavy atom. The van der Waals surface area contributed by atoms with Crippen LogP contribution in [0.1, 0.15) is 32.8 Å². The number of aliphatic hydroxyl groups is 1. The first-order valence-electron chi connectivity index (χ1n) is 11.6. The van der Waals surface area contributed by atoms with E-state index in [1.54, 1.807) is 11.6 Å². The van der Waals surface area contributed by atoms with E-state index < -0.39 is 17.4 Å². The minimum Gasteiger partial charge on any atom is -0.491 e. The lowest BCUT2D eigenvalue weighted by molar-refractivity contribution is 0.0786. The Morgan fingerprint density at radius 2 is 1.94 bits per heavy atom. The fourth-order valence-electron chi connectivity index (χ4n) is 3.66. The number of hydrogen-bond acceptors (Lipinski definition) is 7. The molecule has 3 aromatic rings. The van der Waals surface area contributed by atoms with Crippen molar-refractivity contribution in [1.29, 1.82) is 0 Å². The van der Waals surface area contributed by atoms with Crippen LogP contribution in [-0.2, 0) is 31.8 Å². The van der Waals surface area contributed by atoms with Gasteiger partial charge in [-0.2, -0.15) is 4.98 Å². The fraction of sp³-hybridized carbons (Fsp3) is 0.542. The summed E-state index contributed by atoms with van der Waals surface area (Å²) >= 11 is 0. The number of rotatable bonds is 12. The monoisotopic (exact) mass is 473 g/mol. The summed E-state index contributed by atoms with van der Waals surface area (Å²) in [5, 5.41) is 14.0. The molecular formula is C24H35N5O5. The van der Waals surface area contributed by atoms with E-state index in [1.165, 1.54) is 11.6 Å². The van der Waals surface area contributed by atoms with Gasteiger partial charge >= 0.3 is 5.69 Å². The maximum Gasteiger partial charge on any atom is 0.332 e. The number of nitrogens with one attached hydrogen (secondary N) is 1. The summed E-state index contributed by atoms with van der Waals surface area (Å²) in [4.78, 5) is 29.8. The minimum absolute atomic E-state index is 0.0423. The third-order valence-electron chi connectivity index (χ3n) is 5.55. The van der Waals surface area contributed by atoms with E-state index in [2.05, 4.69) is 17.2 Å². The van der Waals surface area contributed by atoms with Crippen molar-refractivity contribution in [2.45, 2.75) is 52.4 Å². The number of aliphatic hydroxyl groups excluding tert-OH is 1. The van der Waals surface area contributed by atoms with Crippen LogP contribution >= 0.6 is 0 Å². The molecule has 0 amide bonds. The zero-order valence-electron chi connectivity index (χ0n) is 20.6. The number of benzene rings is 1. The molecule has 0 radical (unpaired) electrons. The van der Waals surface area contributed by atoms with Crippen molar-refractivity contribution >= 4 is 17.1 Å². The van der Waals surface area contributed by atoms with Gasteiger partial charge < -0.3 is 24.5 Å². The molecule has 2 aromatic heterocycles. The molecule has 0 saturated heterocycles. The van der Waals surface area contributed by atoms with Crippen molar-refractivity contribution in [1.82, 2.24) is 18.7 Å². The lowest BCUT2D eigenvalue weighted by Gasteiger charge is -2.16. The van der Waals surface area contributed by atoms with Crippen LogP contribution in [0.15, 0.2) is 33.9 Å². The molecular weight excluding hydrogens is 438 g/mol. The number of anilines is 1. The molecule has 10 heteroatoms. The smallest absolute Gasteiger partial charge is 0.332 e. The Balaban J connectivity index is 1.83. The average molecular weight is 474 g/mol. The number of imidazole rings is 1. The maximum absolute atomic E-state index is 12.9. The van der Waals surface area contributed by atoms with Gasteiger partial charge in [-0.1, -0.05) is 19.1 Å². The highest BCUT2D eigenvalue weighted by Gasteiger charge is 2.21. The van der Waals surface area contributed by atoms with Gasteiger partial charge in [-0.3, -0.25) is 13.9 Å². The van der Waals surface area contributed by atoms with Crippen LogP contribution in [0.4, 0.5) is 5.95 Å². The molecule has 10 nitrogen and oxygen atoms in total. The third kappa shape index (κ3) is 5.87. The van der Waals surface area contributed by atoms with Gasteiger partial charge in [0.1, 0.15) is 18.5 Å². The third-order valence-corrected chi connectivity index (χ3v) is 5.55. The quantitative estimate of drug-likeness (QED) is 0.385. The highest BCUT2D eigenvalue weighted by Crippen LogP contribution is 2.18. The van der Waals surface area contributed by atoms with Gasteiger partial charge in [0.2, 0.25) is 5.95 Å². The Bertz CT molecular complexity index is 1230. The summed E-state index contributed by atoms with van der Waals surface area (Å²) in [7, 11) is 3.00. The van der Waals surface area contributed by atoms with Crippen molar-refractivity contribution in [3.8, 4) is 5.75 Å². The molecule has 0 bridgehead atoms. The Hall–Kier alpha value is -3.11. The van der Waals surface area contributed by atoms with Crippen LogP contribution in [0.25, 0.3) is 11.2 Å². The number of ether oxygens (including phenoxy) is 2. The molecule has 34 heavy (non-hydrogen) atoms. The van der Waals surface area contributed by atoms with E-state index in [4.69, 9.17) is 9.47 Å². The van der Waals surface area contributed by atoms with Crippen LogP contribution in [0.2, 0.25) is 0 Å². The van der Waals surface area contributed by atoms with E-state index in [0.29, 0.717) is 24.8 Å². The molecule has 0 fully saturated rings. The van der Waals surface area contributed by atoms with Crippen LogP contribution in [-0.4, -0.2) is 55.8 Å². The van der Waals surface area contributed by atoms with Gasteiger partial charge in [0.15, 0.2) is 11.2 Å². The van der Waals surface area contributed by atoms with Crippen molar-refractivity contribution in [2.75, 3.05) is 25.1 Å². The molecule has 3 rings (SSSR count). The minimum atomic E-state index is -0.908. The summed E-state index contributed by atoms with van der Waals surface area (Å²) in [6.45, 7) is 7.27. The highest BCUT2D eigenvalue weighted by atomic mass is 16.5. The van der Waals surface area contributed by atoms with Crippen LogP contribution in [0.3, 0.4) is 0 Å². The zero-order chi connectivity index (χ0) is 24.8. The number of aromatic nitrogens is 4. The second-order valence-corrected chi connectivity index (χ2v) is 8.59. The van der Waals surface area contributed by atoms with Gasteiger partial charge in [0.25, 0.3) is 5.56 Å². The summed E-state index contributed by atoms with van der Waals surface area (Å²) in [5.74, 6) is 1.08. The predicted molar refractivity (Wildman–Crippen MR) is 132 cm³/mol. The first kappa shape index (κ1) is 25.5. The summed E-state index contributed by atoms with van der Waals surface area (Å²) in [6.07, 6.45) is 0.863. The molecule has 186 valence electrons. The number of aryl methyl sites for hydroxylation is 2. The van der Waals surface area contributed by atoms with Crippen molar-refractivity contribution < 1.29 is 14.6 Å². The normalized spacial score (nSPS) is 12.4. The van der Waals surface area contributed by atoms with Gasteiger partial charge in [-0.05, 0) is 44.4 Å². The summed E-state index contributed by atoms with van der Waals surface area (Å²) < 4.78 is 15.4. The first-order valence-corrected chi connectivity index (χ1v) is 11.6. The molecule has 0 aliphatic carbocycles. The molecule has 0 aliphatic heterocycles. The standard InChI is InChI=1S/C24H35N5O5/c1-6-17-9-7-10-19(13-17)34-15-18(30)14-29-20-21(27(4)24(32)28(5)22(20)31)26-23(29)25-11-8-12-33-16(2)3/h7,9-10,13,16,18,30H,6,8,11-12,14-15H2,1-5H3,(H,25,26). The zero-order valence-corrected chi connectivity index (χ0v) is 20.6. The highest BCUT2D eigenvalue weighted by molar-refractivity contribution is 5.74. The van der Waals surface area contributed by atoms with E-state index in [9.17, 15) is 14.7 Å². The van der Waals surface area contributed by atoms with Gasteiger partial charge in [0, 0.05) is 27.2 Å². The van der Waals surface area contributed by atoms with Gasteiger partial charge in [-0.15, -0.1) is 0 Å². The largest absolute Gasteiger partial charge is 0.491 e. The lowest BCUT2D eigenvalue weighted by Crippen LogP contribution is -2.38. The van der Waals surface area contributed by atoms with Gasteiger partial charge in [-0.25, -0.2) is 4.79 Å². The molecule has 0 saturated carbocycles. The van der Waals surface area contributed by atoms with E-state index in [1.807, 2.05) is 38.1 Å². The van der Waals surface area contributed by atoms with E-state index >= 15 is 0 Å². The first-order chi connectivity index (χ1) is 16.2. The maximum atomic E-state index is 12.9. The Morgan fingerprint density at radius 3 is 2.65 bits per heavy atom. The number of hydrogen-bond donors (Lipinski definition) is 2. The lowest BCUT2D eigenvalue weighted by atomic mass is 10.2. The second-order valence-electron chi connectivity index (χ2n) is 8.59. The molecule has 1 aromatic carbocycles. The molecule has 2 N–H and O–H groups in total. The topological polar surface area (TPSA) is 113 Å². The van der Waals surface area contributed by atoms with Crippen molar-refractivity contribution in [3.05, 3.63) is 50.7 Å². The predicted octanol–water partition coefficient (Wildman–Crippen LogP) is 1.66. The summed E-state index contributed by atoms with van der Waals surface area (Å²) in [6, 6.07) is 7.72. The Labute approximate surface area is 198 Å². The Kier molecular flexibility index (Phi) is 8.51. The fourth-order valence-corrected chi connectivity index (χ4v) is 3.66. The van der Waals surface area contributed by atoms with E-state index in [0.717, 1.165) is 23.0 Å². The molecule has 2 heterocycles.